The molecule has 1 aromatic carbocycles. The Morgan fingerprint density at radius 1 is 1.42 bits per heavy atom. The molecule has 0 spiro atoms. The van der Waals surface area contributed by atoms with Gasteiger partial charge in [-0.05, 0) is 30.5 Å². The SMILES string of the molecule is O=C(O)[C@@H]1CCCN(C(=O)Cc2cccc(Br)c2)C1. The second-order valence-electron chi connectivity index (χ2n) is 4.82. The molecule has 0 bridgehead atoms. The van der Waals surface area contributed by atoms with E-state index < -0.39 is 11.9 Å². The standard InChI is InChI=1S/C14H16BrNO3/c15-12-5-1-3-10(7-12)8-13(17)16-6-2-4-11(9-16)14(18)19/h1,3,5,7,11H,2,4,6,8-9H2,(H,18,19)/t11-/m1/s1. The number of carbonyl (C=O) groups excluding carboxylic acids is 1. The molecule has 1 heterocycles. The van der Waals surface area contributed by atoms with Crippen LogP contribution in [0.2, 0.25) is 0 Å². The topological polar surface area (TPSA) is 57.6 Å². The lowest BCUT2D eigenvalue weighted by Crippen LogP contribution is -2.42. The number of rotatable bonds is 3. The highest BCUT2D eigenvalue weighted by molar-refractivity contribution is 9.10. The van der Waals surface area contributed by atoms with Crippen molar-refractivity contribution in [3.05, 3.63) is 34.3 Å². The van der Waals surface area contributed by atoms with E-state index in [1.165, 1.54) is 0 Å². The number of benzene rings is 1. The van der Waals surface area contributed by atoms with Crippen LogP contribution in [-0.2, 0) is 16.0 Å². The van der Waals surface area contributed by atoms with Crippen LogP contribution in [0.25, 0.3) is 0 Å². The first kappa shape index (κ1) is 14.1. The summed E-state index contributed by atoms with van der Waals surface area (Å²) < 4.78 is 0.944. The number of carboxylic acids is 1. The van der Waals surface area contributed by atoms with Crippen LogP contribution < -0.4 is 0 Å². The summed E-state index contributed by atoms with van der Waals surface area (Å²) in [5.41, 5.74) is 0.942. The number of nitrogens with zero attached hydrogens (tertiary/aromatic N) is 1. The van der Waals surface area contributed by atoms with E-state index in [1.807, 2.05) is 24.3 Å². The van der Waals surface area contributed by atoms with Crippen LogP contribution in [0, 0.1) is 5.92 Å². The minimum Gasteiger partial charge on any atom is -0.481 e. The number of carboxylic acid groups (broad SMARTS) is 1. The zero-order valence-electron chi connectivity index (χ0n) is 10.5. The first-order valence-corrected chi connectivity index (χ1v) is 7.10. The smallest absolute Gasteiger partial charge is 0.308 e. The van der Waals surface area contributed by atoms with E-state index in [0.717, 1.165) is 16.5 Å². The molecule has 1 atom stereocenters. The van der Waals surface area contributed by atoms with E-state index in [9.17, 15) is 9.59 Å². The van der Waals surface area contributed by atoms with Gasteiger partial charge >= 0.3 is 5.97 Å². The van der Waals surface area contributed by atoms with Crippen molar-refractivity contribution in [2.75, 3.05) is 13.1 Å². The Bertz CT molecular complexity index is 489. The van der Waals surface area contributed by atoms with Gasteiger partial charge in [0.1, 0.15) is 0 Å². The van der Waals surface area contributed by atoms with E-state index in [1.54, 1.807) is 4.90 Å². The molecule has 1 amide bonds. The van der Waals surface area contributed by atoms with Crippen molar-refractivity contribution in [2.24, 2.45) is 5.92 Å². The zero-order chi connectivity index (χ0) is 13.8. The molecule has 1 aliphatic rings. The third-order valence-corrected chi connectivity index (χ3v) is 3.86. The van der Waals surface area contributed by atoms with Gasteiger partial charge in [-0.25, -0.2) is 0 Å². The van der Waals surface area contributed by atoms with Crippen LogP contribution in [0.15, 0.2) is 28.7 Å². The number of piperidine rings is 1. The van der Waals surface area contributed by atoms with Crippen molar-refractivity contribution in [2.45, 2.75) is 19.3 Å². The molecule has 19 heavy (non-hydrogen) atoms. The third-order valence-electron chi connectivity index (χ3n) is 3.37. The molecule has 1 fully saturated rings. The van der Waals surface area contributed by atoms with Gasteiger partial charge < -0.3 is 10.0 Å². The van der Waals surface area contributed by atoms with E-state index in [-0.39, 0.29) is 5.91 Å². The van der Waals surface area contributed by atoms with Crippen molar-refractivity contribution in [1.29, 1.82) is 0 Å². The van der Waals surface area contributed by atoms with Crippen LogP contribution in [0.1, 0.15) is 18.4 Å². The van der Waals surface area contributed by atoms with E-state index in [0.29, 0.717) is 25.9 Å². The Hall–Kier alpha value is -1.36. The summed E-state index contributed by atoms with van der Waals surface area (Å²) in [6, 6.07) is 7.62. The molecule has 0 saturated carbocycles. The first-order valence-electron chi connectivity index (χ1n) is 6.31. The van der Waals surface area contributed by atoms with Crippen LogP contribution >= 0.6 is 15.9 Å². The van der Waals surface area contributed by atoms with Crippen molar-refractivity contribution in [3.8, 4) is 0 Å². The molecule has 102 valence electrons. The lowest BCUT2D eigenvalue weighted by Gasteiger charge is -2.30. The Balaban J connectivity index is 1.98. The summed E-state index contributed by atoms with van der Waals surface area (Å²) in [6.07, 6.45) is 1.75. The normalized spacial score (nSPS) is 19.2. The molecular formula is C14H16BrNO3. The zero-order valence-corrected chi connectivity index (χ0v) is 12.1. The highest BCUT2D eigenvalue weighted by Crippen LogP contribution is 2.18. The number of carbonyl (C=O) groups is 2. The number of hydrogen-bond acceptors (Lipinski definition) is 2. The molecule has 0 unspecified atom stereocenters. The molecular weight excluding hydrogens is 310 g/mol. The van der Waals surface area contributed by atoms with Gasteiger partial charge in [0.15, 0.2) is 0 Å². The lowest BCUT2D eigenvalue weighted by molar-refractivity contribution is -0.145. The first-order chi connectivity index (χ1) is 9.06. The highest BCUT2D eigenvalue weighted by Gasteiger charge is 2.27. The molecule has 0 radical (unpaired) electrons. The Labute approximate surface area is 120 Å². The van der Waals surface area contributed by atoms with Gasteiger partial charge in [-0.3, -0.25) is 9.59 Å². The van der Waals surface area contributed by atoms with E-state index in [4.69, 9.17) is 5.11 Å². The molecule has 4 nitrogen and oxygen atoms in total. The van der Waals surface area contributed by atoms with Gasteiger partial charge in [-0.15, -0.1) is 0 Å². The number of amides is 1. The van der Waals surface area contributed by atoms with Crippen LogP contribution in [0.5, 0.6) is 0 Å². The van der Waals surface area contributed by atoms with Crippen LogP contribution in [0.3, 0.4) is 0 Å². The molecule has 0 aliphatic carbocycles. The highest BCUT2D eigenvalue weighted by atomic mass is 79.9. The predicted molar refractivity (Wildman–Crippen MR) is 74.8 cm³/mol. The second-order valence-corrected chi connectivity index (χ2v) is 5.74. The number of halogens is 1. The molecule has 1 saturated heterocycles. The van der Waals surface area contributed by atoms with E-state index >= 15 is 0 Å². The minimum atomic E-state index is -0.806. The average Bonchev–Trinajstić information content (AvgIpc) is 2.39. The molecule has 1 N–H and O–H groups in total. The summed E-state index contributed by atoms with van der Waals surface area (Å²) in [5, 5.41) is 9.02. The van der Waals surface area contributed by atoms with Crippen molar-refractivity contribution in [3.63, 3.8) is 0 Å². The van der Waals surface area contributed by atoms with Gasteiger partial charge in [-0.1, -0.05) is 28.1 Å². The van der Waals surface area contributed by atoms with Gasteiger partial charge in [0.05, 0.1) is 12.3 Å². The third kappa shape index (κ3) is 3.80. The molecule has 2 rings (SSSR count). The monoisotopic (exact) mass is 325 g/mol. The van der Waals surface area contributed by atoms with Gasteiger partial charge in [0, 0.05) is 17.6 Å². The van der Waals surface area contributed by atoms with Gasteiger partial charge in [-0.2, -0.15) is 0 Å². The Morgan fingerprint density at radius 2 is 2.21 bits per heavy atom. The van der Waals surface area contributed by atoms with Crippen molar-refractivity contribution < 1.29 is 14.7 Å². The maximum atomic E-state index is 12.2. The molecule has 0 aromatic heterocycles. The Kier molecular flexibility index (Phi) is 4.58. The summed E-state index contributed by atoms with van der Waals surface area (Å²) in [4.78, 5) is 24.8. The van der Waals surface area contributed by atoms with Crippen molar-refractivity contribution in [1.82, 2.24) is 4.90 Å². The van der Waals surface area contributed by atoms with Crippen molar-refractivity contribution >= 4 is 27.8 Å². The Morgan fingerprint density at radius 3 is 2.89 bits per heavy atom. The number of hydrogen-bond donors (Lipinski definition) is 1. The minimum absolute atomic E-state index is 0.00375. The fourth-order valence-electron chi connectivity index (χ4n) is 2.34. The van der Waals surface area contributed by atoms with Gasteiger partial charge in [0.2, 0.25) is 5.91 Å². The number of aliphatic carboxylic acids is 1. The molecule has 1 aliphatic heterocycles. The summed E-state index contributed by atoms with van der Waals surface area (Å²) in [7, 11) is 0. The fourth-order valence-corrected chi connectivity index (χ4v) is 2.79. The molecule has 5 heteroatoms. The summed E-state index contributed by atoms with van der Waals surface area (Å²) in [5.74, 6) is -1.22. The van der Waals surface area contributed by atoms with Crippen LogP contribution in [-0.4, -0.2) is 35.0 Å². The number of likely N-dealkylation sites (tertiary alicyclic amines) is 1. The van der Waals surface area contributed by atoms with Gasteiger partial charge in [0.25, 0.3) is 0 Å². The average molecular weight is 326 g/mol. The van der Waals surface area contributed by atoms with E-state index in [2.05, 4.69) is 15.9 Å². The largest absolute Gasteiger partial charge is 0.481 e. The summed E-state index contributed by atoms with van der Waals surface area (Å²) >= 11 is 3.37. The second kappa shape index (κ2) is 6.19. The predicted octanol–water partition coefficient (Wildman–Crippen LogP) is 2.31. The quantitative estimate of drug-likeness (QED) is 0.927. The maximum Gasteiger partial charge on any atom is 0.308 e. The fraction of sp³-hybridized carbons (Fsp3) is 0.429. The summed E-state index contributed by atoms with van der Waals surface area (Å²) in [6.45, 7) is 0.999. The lowest BCUT2D eigenvalue weighted by atomic mass is 9.97. The van der Waals surface area contributed by atoms with Crippen LogP contribution in [0.4, 0.5) is 0 Å². The maximum absolute atomic E-state index is 12.2. The molecule has 1 aromatic rings.